The molecule has 0 radical (unpaired) electrons. The Morgan fingerprint density at radius 2 is 1.88 bits per heavy atom. The van der Waals surface area contributed by atoms with Gasteiger partial charge in [0.1, 0.15) is 11.6 Å². The average Bonchev–Trinajstić information content (AvgIpc) is 3.14. The number of benzene rings is 2. The van der Waals surface area contributed by atoms with E-state index in [2.05, 4.69) is 4.90 Å². The molecule has 0 aliphatic heterocycles. The summed E-state index contributed by atoms with van der Waals surface area (Å²) in [6, 6.07) is 16.4. The monoisotopic (exact) mass is 483 g/mol. The molecular formula is C25H23Cl2N3O3. The minimum atomic E-state index is -0.237. The number of aromatic nitrogens is 2. The fraction of sp³-hybridized carbons (Fsp3) is 0.200. The highest BCUT2D eigenvalue weighted by molar-refractivity contribution is 6.36. The molecule has 4 aromatic rings. The summed E-state index contributed by atoms with van der Waals surface area (Å²) >= 11 is 12.1. The molecule has 2 aromatic carbocycles. The van der Waals surface area contributed by atoms with Gasteiger partial charge in [-0.2, -0.15) is 0 Å². The van der Waals surface area contributed by atoms with Crippen LogP contribution in [0.15, 0.2) is 60.8 Å². The van der Waals surface area contributed by atoms with Crippen molar-refractivity contribution in [1.82, 2.24) is 9.38 Å². The largest absolute Gasteiger partial charge is 0.497 e. The summed E-state index contributed by atoms with van der Waals surface area (Å²) in [4.78, 5) is 19.4. The minimum absolute atomic E-state index is 0.163. The predicted molar refractivity (Wildman–Crippen MR) is 131 cm³/mol. The van der Waals surface area contributed by atoms with Crippen molar-refractivity contribution in [2.75, 3.05) is 25.7 Å². The number of anilines is 1. The SMILES string of the molecule is COc1ccc(CN(C)c2c(C)nc3c(OCC(=O)c4ccc(Cl)cc4Cl)cccn23)cc1. The molecule has 0 aliphatic carbocycles. The summed E-state index contributed by atoms with van der Waals surface area (Å²) in [5, 5.41) is 0.773. The minimum Gasteiger partial charge on any atom is -0.497 e. The van der Waals surface area contributed by atoms with Gasteiger partial charge < -0.3 is 14.4 Å². The van der Waals surface area contributed by atoms with E-state index < -0.39 is 0 Å². The zero-order valence-corrected chi connectivity index (χ0v) is 20.0. The van der Waals surface area contributed by atoms with E-state index in [1.165, 1.54) is 0 Å². The summed E-state index contributed by atoms with van der Waals surface area (Å²) in [6.45, 7) is 2.48. The van der Waals surface area contributed by atoms with Crippen LogP contribution in [0.25, 0.3) is 5.65 Å². The molecule has 8 heteroatoms. The van der Waals surface area contributed by atoms with E-state index in [0.29, 0.717) is 33.6 Å². The molecule has 0 amide bonds. The van der Waals surface area contributed by atoms with Crippen LogP contribution in [0.2, 0.25) is 10.0 Å². The fourth-order valence-corrected chi connectivity index (χ4v) is 4.25. The van der Waals surface area contributed by atoms with Crippen molar-refractivity contribution in [3.63, 3.8) is 0 Å². The van der Waals surface area contributed by atoms with Crippen LogP contribution in [-0.4, -0.2) is 35.9 Å². The van der Waals surface area contributed by atoms with Gasteiger partial charge in [-0.25, -0.2) is 4.98 Å². The Morgan fingerprint density at radius 1 is 1.12 bits per heavy atom. The van der Waals surface area contributed by atoms with Gasteiger partial charge in [-0.05, 0) is 55.0 Å². The number of aryl methyl sites for hydroxylation is 1. The summed E-state index contributed by atoms with van der Waals surface area (Å²) in [6.07, 6.45) is 1.93. The van der Waals surface area contributed by atoms with Gasteiger partial charge in [0.2, 0.25) is 5.78 Å². The van der Waals surface area contributed by atoms with Crippen molar-refractivity contribution >= 4 is 40.5 Å². The number of fused-ring (bicyclic) bond motifs is 1. The number of rotatable bonds is 8. The number of carbonyl (C=O) groups is 1. The maximum atomic E-state index is 12.6. The van der Waals surface area contributed by atoms with Crippen LogP contribution in [0.1, 0.15) is 21.6 Å². The average molecular weight is 484 g/mol. The molecule has 0 unspecified atom stereocenters. The number of Topliss-reactive ketones (excluding diaryl/α,β-unsaturated/α-hetero) is 1. The molecule has 6 nitrogen and oxygen atoms in total. The second-order valence-corrected chi connectivity index (χ2v) is 8.47. The van der Waals surface area contributed by atoms with Crippen molar-refractivity contribution in [3.8, 4) is 11.5 Å². The van der Waals surface area contributed by atoms with Crippen LogP contribution in [0.5, 0.6) is 11.5 Å². The van der Waals surface area contributed by atoms with Gasteiger partial charge in [-0.1, -0.05) is 35.3 Å². The van der Waals surface area contributed by atoms with Crippen LogP contribution in [0.3, 0.4) is 0 Å². The lowest BCUT2D eigenvalue weighted by atomic mass is 10.1. The van der Waals surface area contributed by atoms with Crippen LogP contribution >= 0.6 is 23.2 Å². The Morgan fingerprint density at radius 3 is 2.58 bits per heavy atom. The van der Waals surface area contributed by atoms with E-state index in [9.17, 15) is 4.79 Å². The molecule has 0 spiro atoms. The maximum absolute atomic E-state index is 12.6. The molecule has 0 saturated heterocycles. The van der Waals surface area contributed by atoms with Crippen molar-refractivity contribution in [3.05, 3.63) is 87.7 Å². The number of carbonyl (C=O) groups excluding carboxylic acids is 1. The number of methoxy groups -OCH3 is 1. The predicted octanol–water partition coefficient (Wildman–Crippen LogP) is 5.86. The van der Waals surface area contributed by atoms with Crippen molar-refractivity contribution in [1.29, 1.82) is 0 Å². The Balaban J connectivity index is 1.55. The van der Waals surface area contributed by atoms with Crippen molar-refractivity contribution in [2.45, 2.75) is 13.5 Å². The van der Waals surface area contributed by atoms with Crippen LogP contribution < -0.4 is 14.4 Å². The topological polar surface area (TPSA) is 56.1 Å². The molecule has 0 aliphatic rings. The van der Waals surface area contributed by atoms with E-state index in [1.807, 2.05) is 54.9 Å². The fourth-order valence-electron chi connectivity index (χ4n) is 3.73. The molecule has 2 heterocycles. The first-order chi connectivity index (χ1) is 15.9. The zero-order valence-electron chi connectivity index (χ0n) is 18.5. The molecule has 4 rings (SSSR count). The quantitative estimate of drug-likeness (QED) is 0.294. The highest BCUT2D eigenvalue weighted by atomic mass is 35.5. The van der Waals surface area contributed by atoms with Gasteiger partial charge >= 0.3 is 0 Å². The van der Waals surface area contributed by atoms with Gasteiger partial charge in [0, 0.05) is 30.4 Å². The third-order valence-corrected chi connectivity index (χ3v) is 5.84. The highest BCUT2D eigenvalue weighted by Gasteiger charge is 2.18. The van der Waals surface area contributed by atoms with Crippen LogP contribution in [0, 0.1) is 6.92 Å². The second kappa shape index (κ2) is 9.73. The second-order valence-electron chi connectivity index (χ2n) is 7.63. The standard InChI is InChI=1S/C25H23Cl2N3O3/c1-16-25(29(2)14-17-6-9-19(32-3)10-7-17)30-12-4-5-23(24(30)28-16)33-15-22(31)20-11-8-18(26)13-21(20)27/h4-13H,14-15H2,1-3H3. The number of hydrogen-bond donors (Lipinski definition) is 0. The lowest BCUT2D eigenvalue weighted by molar-refractivity contribution is 0.0922. The van der Waals surface area contributed by atoms with Gasteiger partial charge in [0.25, 0.3) is 0 Å². The van der Waals surface area contributed by atoms with E-state index >= 15 is 0 Å². The van der Waals surface area contributed by atoms with Crippen molar-refractivity contribution in [2.24, 2.45) is 0 Å². The highest BCUT2D eigenvalue weighted by Crippen LogP contribution is 2.29. The first kappa shape index (κ1) is 23.0. The van der Waals surface area contributed by atoms with E-state index in [1.54, 1.807) is 31.4 Å². The lowest BCUT2D eigenvalue weighted by Gasteiger charge is -2.20. The number of halogens is 2. The van der Waals surface area contributed by atoms with Gasteiger partial charge in [-0.3, -0.25) is 9.20 Å². The number of ketones is 1. The molecule has 0 N–H and O–H groups in total. The van der Waals surface area contributed by atoms with Gasteiger partial charge in [-0.15, -0.1) is 0 Å². The number of imidazole rings is 1. The van der Waals surface area contributed by atoms with Gasteiger partial charge in [0.15, 0.2) is 18.0 Å². The molecule has 0 atom stereocenters. The first-order valence-corrected chi connectivity index (χ1v) is 11.1. The summed E-state index contributed by atoms with van der Waals surface area (Å²) < 4.78 is 13.1. The number of pyridine rings is 1. The number of nitrogens with zero attached hydrogens (tertiary/aromatic N) is 3. The number of hydrogen-bond acceptors (Lipinski definition) is 5. The van der Waals surface area contributed by atoms with E-state index in [-0.39, 0.29) is 12.4 Å². The van der Waals surface area contributed by atoms with E-state index in [4.69, 9.17) is 37.7 Å². The Bertz CT molecular complexity index is 1300. The Hall–Kier alpha value is -3.22. The van der Waals surface area contributed by atoms with E-state index in [0.717, 1.165) is 22.8 Å². The maximum Gasteiger partial charge on any atom is 0.201 e. The summed E-state index contributed by atoms with van der Waals surface area (Å²) in [5.41, 5.74) is 3.01. The molecule has 0 bridgehead atoms. The summed E-state index contributed by atoms with van der Waals surface area (Å²) in [5.74, 6) is 2.05. The lowest BCUT2D eigenvalue weighted by Crippen LogP contribution is -2.19. The molecule has 0 saturated carbocycles. The third-order valence-electron chi connectivity index (χ3n) is 5.29. The molecule has 33 heavy (non-hydrogen) atoms. The molecular weight excluding hydrogens is 461 g/mol. The van der Waals surface area contributed by atoms with Gasteiger partial charge in [0.05, 0.1) is 17.8 Å². The third kappa shape index (κ3) is 4.92. The first-order valence-electron chi connectivity index (χ1n) is 10.3. The normalized spacial score (nSPS) is 10.9. The molecule has 170 valence electrons. The summed E-state index contributed by atoms with van der Waals surface area (Å²) in [7, 11) is 3.67. The van der Waals surface area contributed by atoms with Crippen LogP contribution in [-0.2, 0) is 6.54 Å². The Labute approximate surface area is 202 Å². The Kier molecular flexibility index (Phi) is 6.77. The molecule has 2 aromatic heterocycles. The smallest absolute Gasteiger partial charge is 0.201 e. The molecule has 0 fully saturated rings. The van der Waals surface area contributed by atoms with Crippen molar-refractivity contribution < 1.29 is 14.3 Å². The number of ether oxygens (including phenoxy) is 2. The zero-order chi connectivity index (χ0) is 23.5. The van der Waals surface area contributed by atoms with Crippen LogP contribution in [0.4, 0.5) is 5.82 Å².